The van der Waals surface area contributed by atoms with Crippen LogP contribution in [0.5, 0.6) is 5.75 Å². The van der Waals surface area contributed by atoms with Crippen LogP contribution in [0, 0.1) is 0 Å². The molecule has 0 bridgehead atoms. The maximum atomic E-state index is 12.4. The summed E-state index contributed by atoms with van der Waals surface area (Å²) in [5, 5.41) is 20.3. The number of hydrogen-bond acceptors (Lipinski definition) is 7. The maximum absolute atomic E-state index is 12.4. The molecule has 0 fully saturated rings. The molecular weight excluding hydrogens is 458 g/mol. The first-order valence-corrected chi connectivity index (χ1v) is 12.2. The van der Waals surface area contributed by atoms with E-state index in [2.05, 4.69) is 39.6 Å². The molecule has 1 heterocycles. The highest BCUT2D eigenvalue weighted by atomic mass is 32.1. The zero-order chi connectivity index (χ0) is 24.6. The Morgan fingerprint density at radius 2 is 1.80 bits per heavy atom. The predicted octanol–water partition coefficient (Wildman–Crippen LogP) is 5.87. The van der Waals surface area contributed by atoms with Gasteiger partial charge in [-0.2, -0.15) is 5.10 Å². The fourth-order valence-corrected chi connectivity index (χ4v) is 4.29. The highest BCUT2D eigenvalue weighted by Crippen LogP contribution is 2.27. The van der Waals surface area contributed by atoms with Crippen molar-refractivity contribution >= 4 is 40.0 Å². The van der Waals surface area contributed by atoms with Crippen LogP contribution in [0.3, 0.4) is 0 Å². The van der Waals surface area contributed by atoms with Crippen LogP contribution in [0.1, 0.15) is 29.8 Å². The largest absolute Gasteiger partial charge is 0.507 e. The van der Waals surface area contributed by atoms with Gasteiger partial charge in [0.1, 0.15) is 5.75 Å². The number of nitrogens with zero attached hydrogens (tertiary/aromatic N) is 3. The van der Waals surface area contributed by atoms with E-state index in [1.54, 1.807) is 24.3 Å². The minimum Gasteiger partial charge on any atom is -0.507 e. The lowest BCUT2D eigenvalue weighted by molar-refractivity contribution is 0.0955. The quantitative estimate of drug-likeness (QED) is 0.204. The fraction of sp³-hybridized carbons (Fsp3) is 0.148. The Kier molecular flexibility index (Phi) is 7.74. The van der Waals surface area contributed by atoms with Gasteiger partial charge in [-0.3, -0.25) is 4.79 Å². The third-order valence-electron chi connectivity index (χ3n) is 5.48. The Morgan fingerprint density at radius 1 is 1.06 bits per heavy atom. The standard InChI is InChI=1S/C27H27N5O2S/c1-3-32(4-2)23-15-12-21(25(33)16-23)17-28-31-26(34)20-10-13-22(14-11-20)29-27-30-24(18-35-27)19-8-6-5-7-9-19/h5-18,33H,3-4H2,1-2H3,(H,29,30)(H,31,34). The molecule has 4 rings (SSSR count). The van der Waals surface area contributed by atoms with Crippen molar-refractivity contribution in [3.8, 4) is 17.0 Å². The smallest absolute Gasteiger partial charge is 0.271 e. The van der Waals surface area contributed by atoms with Gasteiger partial charge >= 0.3 is 0 Å². The summed E-state index contributed by atoms with van der Waals surface area (Å²) in [4.78, 5) is 19.2. The molecule has 35 heavy (non-hydrogen) atoms. The topological polar surface area (TPSA) is 89.9 Å². The van der Waals surface area contributed by atoms with Gasteiger partial charge in [-0.15, -0.1) is 11.3 Å². The van der Waals surface area contributed by atoms with E-state index in [1.807, 2.05) is 53.9 Å². The van der Waals surface area contributed by atoms with Crippen molar-refractivity contribution in [2.24, 2.45) is 5.10 Å². The zero-order valence-corrected chi connectivity index (χ0v) is 20.4. The number of hydrazone groups is 1. The van der Waals surface area contributed by atoms with E-state index in [0.717, 1.165) is 40.9 Å². The first-order valence-electron chi connectivity index (χ1n) is 11.4. The summed E-state index contributed by atoms with van der Waals surface area (Å²) in [6, 6.07) is 22.5. The number of carbonyl (C=O) groups excluding carboxylic acids is 1. The SMILES string of the molecule is CCN(CC)c1ccc(C=NNC(=O)c2ccc(Nc3nc(-c4ccccc4)cs3)cc2)c(O)c1. The van der Waals surface area contributed by atoms with E-state index in [0.29, 0.717) is 11.1 Å². The first kappa shape index (κ1) is 24.0. The van der Waals surface area contributed by atoms with Gasteiger partial charge in [0.25, 0.3) is 5.91 Å². The lowest BCUT2D eigenvalue weighted by atomic mass is 10.2. The molecule has 0 saturated carbocycles. The molecule has 3 N–H and O–H groups in total. The molecule has 1 aromatic heterocycles. The number of amides is 1. The molecule has 3 aromatic carbocycles. The number of anilines is 3. The highest BCUT2D eigenvalue weighted by Gasteiger charge is 2.08. The molecule has 0 aliphatic carbocycles. The van der Waals surface area contributed by atoms with Crippen LogP contribution in [0.25, 0.3) is 11.3 Å². The highest BCUT2D eigenvalue weighted by molar-refractivity contribution is 7.14. The summed E-state index contributed by atoms with van der Waals surface area (Å²) in [5.74, 6) is -0.229. The second-order valence-electron chi connectivity index (χ2n) is 7.72. The Labute approximate surface area is 208 Å². The zero-order valence-electron chi connectivity index (χ0n) is 19.6. The summed E-state index contributed by atoms with van der Waals surface area (Å²) in [5.41, 5.74) is 7.26. The average Bonchev–Trinajstić information content (AvgIpc) is 3.35. The minimum absolute atomic E-state index is 0.112. The molecule has 0 spiro atoms. The third kappa shape index (κ3) is 6.04. The van der Waals surface area contributed by atoms with E-state index < -0.39 is 0 Å². The predicted molar refractivity (Wildman–Crippen MR) is 144 cm³/mol. The van der Waals surface area contributed by atoms with Crippen molar-refractivity contribution in [1.82, 2.24) is 10.4 Å². The molecule has 0 atom stereocenters. The first-order chi connectivity index (χ1) is 17.1. The van der Waals surface area contributed by atoms with E-state index >= 15 is 0 Å². The van der Waals surface area contributed by atoms with Gasteiger partial charge in [0.15, 0.2) is 5.13 Å². The summed E-state index contributed by atoms with van der Waals surface area (Å²) in [7, 11) is 0. The van der Waals surface area contributed by atoms with Gasteiger partial charge < -0.3 is 15.3 Å². The van der Waals surface area contributed by atoms with E-state index in [9.17, 15) is 9.90 Å². The number of aromatic hydroxyl groups is 1. The number of carbonyl (C=O) groups is 1. The monoisotopic (exact) mass is 485 g/mol. The molecule has 0 saturated heterocycles. The summed E-state index contributed by atoms with van der Waals surface area (Å²) in [6.45, 7) is 5.84. The summed E-state index contributed by atoms with van der Waals surface area (Å²) in [6.07, 6.45) is 1.43. The number of phenols is 1. The Morgan fingerprint density at radius 3 is 2.49 bits per heavy atom. The number of hydrogen-bond donors (Lipinski definition) is 3. The van der Waals surface area contributed by atoms with Gasteiger partial charge in [0.05, 0.1) is 11.9 Å². The van der Waals surface area contributed by atoms with Crippen LogP contribution in [-0.2, 0) is 0 Å². The van der Waals surface area contributed by atoms with E-state index in [1.165, 1.54) is 17.6 Å². The Bertz CT molecular complexity index is 1300. The van der Waals surface area contributed by atoms with Gasteiger partial charge in [-0.1, -0.05) is 30.3 Å². The molecule has 0 unspecified atom stereocenters. The molecule has 7 nitrogen and oxygen atoms in total. The number of rotatable bonds is 9. The van der Waals surface area contributed by atoms with E-state index in [4.69, 9.17) is 0 Å². The molecule has 178 valence electrons. The van der Waals surface area contributed by atoms with Crippen LogP contribution in [-0.4, -0.2) is 35.3 Å². The van der Waals surface area contributed by atoms with Crippen LogP contribution in [0.2, 0.25) is 0 Å². The third-order valence-corrected chi connectivity index (χ3v) is 6.24. The Balaban J connectivity index is 1.34. The van der Waals surface area contributed by atoms with Gasteiger partial charge in [0, 0.05) is 52.6 Å². The molecule has 0 aliphatic rings. The van der Waals surface area contributed by atoms with Crippen LogP contribution >= 0.6 is 11.3 Å². The minimum atomic E-state index is -0.340. The van der Waals surface area contributed by atoms with E-state index in [-0.39, 0.29) is 11.7 Å². The maximum Gasteiger partial charge on any atom is 0.271 e. The van der Waals surface area contributed by atoms with Gasteiger partial charge in [0.2, 0.25) is 0 Å². The van der Waals surface area contributed by atoms with Crippen molar-refractivity contribution in [2.45, 2.75) is 13.8 Å². The Hall–Kier alpha value is -4.17. The van der Waals surface area contributed by atoms with Crippen molar-refractivity contribution in [1.29, 1.82) is 0 Å². The number of aromatic nitrogens is 1. The molecular formula is C27H27N5O2S. The van der Waals surface area contributed by atoms with Crippen molar-refractivity contribution in [2.75, 3.05) is 23.3 Å². The molecule has 8 heteroatoms. The van der Waals surface area contributed by atoms with Crippen molar-refractivity contribution in [3.63, 3.8) is 0 Å². The van der Waals surface area contributed by atoms with Crippen LogP contribution in [0.15, 0.2) is 83.3 Å². The number of thiazole rings is 1. The number of benzene rings is 3. The lowest BCUT2D eigenvalue weighted by Gasteiger charge is -2.21. The number of phenolic OH excluding ortho intramolecular Hbond substituents is 1. The number of nitrogens with one attached hydrogen (secondary N) is 2. The van der Waals surface area contributed by atoms with Crippen molar-refractivity contribution in [3.05, 3.63) is 89.3 Å². The average molecular weight is 486 g/mol. The van der Waals surface area contributed by atoms with Crippen LogP contribution in [0.4, 0.5) is 16.5 Å². The second-order valence-corrected chi connectivity index (χ2v) is 8.58. The molecule has 4 aromatic rings. The lowest BCUT2D eigenvalue weighted by Crippen LogP contribution is -2.21. The normalized spacial score (nSPS) is 10.9. The molecule has 0 radical (unpaired) electrons. The van der Waals surface area contributed by atoms with Crippen LogP contribution < -0.4 is 15.6 Å². The van der Waals surface area contributed by atoms with Crippen molar-refractivity contribution < 1.29 is 9.90 Å². The summed E-state index contributed by atoms with van der Waals surface area (Å²) < 4.78 is 0. The second kappa shape index (κ2) is 11.3. The summed E-state index contributed by atoms with van der Waals surface area (Å²) >= 11 is 1.52. The fourth-order valence-electron chi connectivity index (χ4n) is 3.55. The molecule has 0 aliphatic heterocycles. The van der Waals surface area contributed by atoms with Gasteiger partial charge in [-0.25, -0.2) is 10.4 Å². The van der Waals surface area contributed by atoms with Gasteiger partial charge in [-0.05, 0) is 50.2 Å². The molecule has 1 amide bonds.